The molecule has 2 N–H and O–H groups in total. The Morgan fingerprint density at radius 2 is 1.88 bits per heavy atom. The van der Waals surface area contributed by atoms with Crippen molar-refractivity contribution in [1.29, 1.82) is 0 Å². The van der Waals surface area contributed by atoms with Crippen LogP contribution in [0.25, 0.3) is 39.0 Å². The number of halogens is 4. The predicted molar refractivity (Wildman–Crippen MR) is 212 cm³/mol. The Morgan fingerprint density at radius 1 is 1.07 bits per heavy atom. The minimum atomic E-state index is -0.829. The third kappa shape index (κ3) is 8.78. The molecule has 6 aromatic rings. The summed E-state index contributed by atoms with van der Waals surface area (Å²) in [5.41, 5.74) is 2.56. The summed E-state index contributed by atoms with van der Waals surface area (Å²) in [5.74, 6) is -0.394. The summed E-state index contributed by atoms with van der Waals surface area (Å²) in [4.78, 5) is 34.4. The SMILES string of the molecule is CCCNC.COC(CN(C)C)Cn1c(C)nc2cc(F)cc(-c3cccc(NC4CC(C=O)N(c5nc(Cl)nc6c5cnn6-c5ccc(F)cc5F)C4)n3)c21. The number of nitrogens with one attached hydrogen (secondary N) is 2. The third-order valence-electron chi connectivity index (χ3n) is 9.45. The summed E-state index contributed by atoms with van der Waals surface area (Å²) in [7, 11) is 7.58. The number of ether oxygens (including phenoxy) is 1. The van der Waals surface area contributed by atoms with Crippen LogP contribution < -0.4 is 15.5 Å². The minimum Gasteiger partial charge on any atom is -0.378 e. The Labute approximate surface area is 327 Å². The largest absolute Gasteiger partial charge is 0.378 e. The molecular formula is C39H45ClF3N11O2. The first-order valence-electron chi connectivity index (χ1n) is 18.3. The number of hydrogen-bond donors (Lipinski definition) is 2. The highest BCUT2D eigenvalue weighted by atomic mass is 35.5. The van der Waals surface area contributed by atoms with Crippen molar-refractivity contribution in [3.8, 4) is 16.9 Å². The summed E-state index contributed by atoms with van der Waals surface area (Å²) in [6.07, 6.45) is 3.79. The second-order valence-corrected chi connectivity index (χ2v) is 14.2. The van der Waals surface area contributed by atoms with E-state index in [-0.39, 0.29) is 28.8 Å². The van der Waals surface area contributed by atoms with Gasteiger partial charge in [0.1, 0.15) is 41.1 Å². The number of fused-ring (bicyclic) bond motifs is 2. The maximum atomic E-state index is 15.0. The van der Waals surface area contributed by atoms with E-state index in [4.69, 9.17) is 21.3 Å². The Morgan fingerprint density at radius 3 is 2.55 bits per heavy atom. The van der Waals surface area contributed by atoms with Crippen LogP contribution in [0.2, 0.25) is 5.28 Å². The fourth-order valence-corrected chi connectivity index (χ4v) is 7.13. The monoisotopic (exact) mass is 791 g/mol. The third-order valence-corrected chi connectivity index (χ3v) is 9.62. The first-order chi connectivity index (χ1) is 26.9. The van der Waals surface area contributed by atoms with Gasteiger partial charge in [0.05, 0.1) is 47.0 Å². The van der Waals surface area contributed by atoms with Gasteiger partial charge in [0.25, 0.3) is 0 Å². The van der Waals surface area contributed by atoms with Gasteiger partial charge < -0.3 is 34.5 Å². The molecule has 296 valence electrons. The number of anilines is 2. The van der Waals surface area contributed by atoms with Crippen LogP contribution in [0.15, 0.2) is 54.7 Å². The minimum absolute atomic E-state index is 0.0214. The lowest BCUT2D eigenvalue weighted by atomic mass is 10.1. The maximum Gasteiger partial charge on any atom is 0.226 e. The van der Waals surface area contributed by atoms with Crippen LogP contribution >= 0.6 is 11.6 Å². The number of likely N-dealkylation sites (N-methyl/N-ethyl adjacent to an activating group) is 1. The summed E-state index contributed by atoms with van der Waals surface area (Å²) in [5, 5.41) is 11.0. The molecule has 3 unspecified atom stereocenters. The number of aldehydes is 1. The zero-order valence-corrected chi connectivity index (χ0v) is 32.9. The van der Waals surface area contributed by atoms with E-state index in [1.807, 2.05) is 49.7 Å². The van der Waals surface area contributed by atoms with Crippen molar-refractivity contribution in [3.05, 3.63) is 83.3 Å². The average molecular weight is 792 g/mol. The molecule has 56 heavy (non-hydrogen) atoms. The second kappa shape index (κ2) is 17.7. The Hall–Kier alpha value is -5.16. The van der Waals surface area contributed by atoms with Crippen molar-refractivity contribution in [2.75, 3.05) is 58.1 Å². The Bertz CT molecular complexity index is 2320. The van der Waals surface area contributed by atoms with E-state index in [0.29, 0.717) is 59.9 Å². The van der Waals surface area contributed by atoms with Crippen LogP contribution in [0.5, 0.6) is 0 Å². The topological polar surface area (TPSA) is 131 Å². The quantitative estimate of drug-likeness (QED) is 0.105. The lowest BCUT2D eigenvalue weighted by Gasteiger charge is -2.22. The van der Waals surface area contributed by atoms with Crippen molar-refractivity contribution in [1.82, 2.24) is 44.5 Å². The molecule has 1 saturated heterocycles. The number of benzene rings is 2. The van der Waals surface area contributed by atoms with Gasteiger partial charge in [-0.3, -0.25) is 0 Å². The van der Waals surface area contributed by atoms with E-state index in [1.165, 1.54) is 35.5 Å². The second-order valence-electron chi connectivity index (χ2n) is 13.9. The lowest BCUT2D eigenvalue weighted by Crippen LogP contribution is -2.32. The summed E-state index contributed by atoms with van der Waals surface area (Å²) < 4.78 is 52.3. The number of nitrogens with zero attached hydrogens (tertiary/aromatic N) is 9. The van der Waals surface area contributed by atoms with Gasteiger partial charge in [0.2, 0.25) is 5.28 Å². The predicted octanol–water partition coefficient (Wildman–Crippen LogP) is 6.06. The van der Waals surface area contributed by atoms with Gasteiger partial charge in [0, 0.05) is 43.9 Å². The fraction of sp³-hybridized carbons (Fsp3) is 0.385. The number of aryl methyl sites for hydroxylation is 1. The van der Waals surface area contributed by atoms with E-state index in [1.54, 1.807) is 18.1 Å². The van der Waals surface area contributed by atoms with Gasteiger partial charge in [-0.05, 0) is 89.4 Å². The number of hydrogen-bond acceptors (Lipinski definition) is 11. The summed E-state index contributed by atoms with van der Waals surface area (Å²) >= 11 is 6.34. The molecule has 2 aromatic carbocycles. The zero-order chi connectivity index (χ0) is 40.1. The van der Waals surface area contributed by atoms with Crippen LogP contribution in [0, 0.1) is 24.4 Å². The van der Waals surface area contributed by atoms with E-state index < -0.39 is 23.5 Å². The highest BCUT2D eigenvalue weighted by molar-refractivity contribution is 6.28. The number of carbonyl (C=O) groups excluding carboxylic acids is 1. The number of carbonyl (C=O) groups is 1. The molecule has 1 fully saturated rings. The van der Waals surface area contributed by atoms with E-state index in [9.17, 15) is 18.0 Å². The molecule has 7 rings (SSSR count). The van der Waals surface area contributed by atoms with Gasteiger partial charge in [0.15, 0.2) is 11.5 Å². The van der Waals surface area contributed by atoms with E-state index in [0.717, 1.165) is 36.3 Å². The van der Waals surface area contributed by atoms with Crippen LogP contribution in [0.4, 0.5) is 24.8 Å². The first-order valence-corrected chi connectivity index (χ1v) is 18.6. The first kappa shape index (κ1) is 40.5. The van der Waals surface area contributed by atoms with Crippen LogP contribution in [0.3, 0.4) is 0 Å². The molecule has 4 aromatic heterocycles. The zero-order valence-electron chi connectivity index (χ0n) is 32.1. The molecule has 0 amide bonds. The summed E-state index contributed by atoms with van der Waals surface area (Å²) in [6, 6.07) is 10.6. The molecule has 5 heterocycles. The molecule has 1 aliphatic rings. The molecule has 0 bridgehead atoms. The number of aromatic nitrogens is 7. The average Bonchev–Trinajstić information content (AvgIpc) is 3.86. The van der Waals surface area contributed by atoms with Crippen molar-refractivity contribution in [2.24, 2.45) is 0 Å². The molecule has 0 radical (unpaired) electrons. The highest BCUT2D eigenvalue weighted by Crippen LogP contribution is 2.34. The number of imidazole rings is 1. The molecular weight excluding hydrogens is 747 g/mol. The maximum absolute atomic E-state index is 15.0. The molecule has 0 aliphatic carbocycles. The van der Waals surface area contributed by atoms with Crippen LogP contribution in [-0.4, -0.2) is 112 Å². The van der Waals surface area contributed by atoms with E-state index >= 15 is 0 Å². The molecule has 1 aliphatic heterocycles. The molecule has 0 saturated carbocycles. The van der Waals surface area contributed by atoms with Crippen molar-refractivity contribution in [2.45, 2.75) is 51.4 Å². The van der Waals surface area contributed by atoms with Crippen molar-refractivity contribution >= 4 is 51.6 Å². The number of rotatable bonds is 13. The molecule has 17 heteroatoms. The standard InChI is InChI=1S/C35H34ClF3N10O2.C4H11N/c1-19-41-29-12-21(38)10-25(32(29)47(19)17-24(51-4)16-46(2)3)28-6-5-7-31(43-28)42-22-13-23(18-50)48(15-22)33-26-14-40-49(34(26)45-35(36)44-33)30-9-8-20(37)11-27(30)39;1-3-4-5-2/h5-12,14,18,22-24H,13,15-17H2,1-4H3,(H,42,43);5H,3-4H2,1-2H3. The van der Waals surface area contributed by atoms with Crippen molar-refractivity contribution < 1.29 is 22.7 Å². The number of methoxy groups -OCH3 is 1. The lowest BCUT2D eigenvalue weighted by molar-refractivity contribution is -0.108. The van der Waals surface area contributed by atoms with Gasteiger partial charge in [-0.1, -0.05) is 13.0 Å². The van der Waals surface area contributed by atoms with Crippen LogP contribution in [-0.2, 0) is 16.1 Å². The Balaban J connectivity index is 0.00000100. The number of pyridine rings is 1. The highest BCUT2D eigenvalue weighted by Gasteiger charge is 2.35. The summed E-state index contributed by atoms with van der Waals surface area (Å²) in [6.45, 7) is 6.70. The fourth-order valence-electron chi connectivity index (χ4n) is 6.97. The molecule has 3 atom stereocenters. The molecule has 0 spiro atoms. The van der Waals surface area contributed by atoms with Crippen molar-refractivity contribution in [3.63, 3.8) is 0 Å². The van der Waals surface area contributed by atoms with Gasteiger partial charge in [-0.25, -0.2) is 27.8 Å². The van der Waals surface area contributed by atoms with Gasteiger partial charge in [-0.15, -0.1) is 0 Å². The Kier molecular flexibility index (Phi) is 12.8. The normalized spacial score (nSPS) is 16.1. The smallest absolute Gasteiger partial charge is 0.226 e. The molecule has 13 nitrogen and oxygen atoms in total. The van der Waals surface area contributed by atoms with E-state index in [2.05, 4.69) is 37.6 Å². The van der Waals surface area contributed by atoms with Gasteiger partial charge in [-0.2, -0.15) is 15.1 Å². The van der Waals surface area contributed by atoms with Gasteiger partial charge >= 0.3 is 0 Å². The van der Waals surface area contributed by atoms with Crippen LogP contribution in [0.1, 0.15) is 25.6 Å².